The molecule has 1 aliphatic rings. The zero-order valence-corrected chi connectivity index (χ0v) is 15.2. The molecular weight excluding hydrogens is 346 g/mol. The number of nitrogens with one attached hydrogen (secondary N) is 1. The van der Waals surface area contributed by atoms with Gasteiger partial charge in [0.2, 0.25) is 0 Å². The van der Waals surface area contributed by atoms with Crippen LogP contribution in [-0.2, 0) is 6.42 Å². The summed E-state index contributed by atoms with van der Waals surface area (Å²) in [5.74, 6) is 1.03. The van der Waals surface area contributed by atoms with Gasteiger partial charge in [0.25, 0.3) is 0 Å². The number of halogens is 1. The second kappa shape index (κ2) is 5.41. The highest BCUT2D eigenvalue weighted by Gasteiger charge is 2.30. The molecule has 2 nitrogen and oxygen atoms in total. The molecule has 21 heavy (non-hydrogen) atoms. The van der Waals surface area contributed by atoms with Gasteiger partial charge in [0.15, 0.2) is 0 Å². The van der Waals surface area contributed by atoms with Gasteiger partial charge in [-0.3, -0.25) is 0 Å². The van der Waals surface area contributed by atoms with Crippen LogP contribution in [0, 0.1) is 6.92 Å². The van der Waals surface area contributed by atoms with Crippen LogP contribution in [0.1, 0.15) is 41.5 Å². The number of hydrogen-bond donors (Lipinski definition) is 1. The third-order valence-electron chi connectivity index (χ3n) is 3.87. The van der Waals surface area contributed by atoms with Gasteiger partial charge in [-0.15, -0.1) is 11.3 Å². The monoisotopic (exact) mass is 365 g/mol. The van der Waals surface area contributed by atoms with E-state index in [2.05, 4.69) is 66.3 Å². The van der Waals surface area contributed by atoms with E-state index in [-0.39, 0.29) is 11.6 Å². The highest BCUT2D eigenvalue weighted by Crippen LogP contribution is 2.39. The van der Waals surface area contributed by atoms with E-state index in [1.165, 1.54) is 25.4 Å². The fourth-order valence-corrected chi connectivity index (χ4v) is 4.62. The van der Waals surface area contributed by atoms with Crippen molar-refractivity contribution < 1.29 is 4.74 Å². The first-order valence-corrected chi connectivity index (χ1v) is 8.75. The van der Waals surface area contributed by atoms with E-state index in [0.717, 1.165) is 12.2 Å². The molecule has 112 valence electrons. The summed E-state index contributed by atoms with van der Waals surface area (Å²) in [6.07, 6.45) is 0.972. The summed E-state index contributed by atoms with van der Waals surface area (Å²) in [5.41, 5.74) is 3.82. The molecule has 0 amide bonds. The molecule has 3 rings (SSSR count). The molecule has 1 atom stereocenters. The summed E-state index contributed by atoms with van der Waals surface area (Å²) < 4.78 is 7.18. The van der Waals surface area contributed by atoms with E-state index in [9.17, 15) is 0 Å². The summed E-state index contributed by atoms with van der Waals surface area (Å²) in [5, 5.41) is 3.44. The Morgan fingerprint density at radius 2 is 2.10 bits per heavy atom. The molecule has 1 aromatic heterocycles. The summed E-state index contributed by atoms with van der Waals surface area (Å²) in [6, 6.07) is 9.05. The molecule has 0 aliphatic carbocycles. The van der Waals surface area contributed by atoms with Crippen LogP contribution in [0.2, 0.25) is 0 Å². The molecule has 0 saturated carbocycles. The van der Waals surface area contributed by atoms with Crippen molar-refractivity contribution in [2.75, 3.05) is 7.05 Å². The number of aryl methyl sites for hydroxylation is 1. The molecule has 2 aromatic rings. The minimum atomic E-state index is -0.0847. The Kier molecular flexibility index (Phi) is 3.89. The fraction of sp³-hybridized carbons (Fsp3) is 0.412. The highest BCUT2D eigenvalue weighted by atomic mass is 79.9. The van der Waals surface area contributed by atoms with Crippen LogP contribution in [0.15, 0.2) is 28.1 Å². The van der Waals surface area contributed by atoms with Gasteiger partial charge in [-0.05, 0) is 72.6 Å². The lowest BCUT2D eigenvalue weighted by atomic mass is 9.97. The number of hydrogen-bond acceptors (Lipinski definition) is 3. The van der Waals surface area contributed by atoms with Gasteiger partial charge in [0.1, 0.15) is 11.4 Å². The van der Waals surface area contributed by atoms with Gasteiger partial charge in [0, 0.05) is 11.3 Å². The predicted octanol–water partition coefficient (Wildman–Crippen LogP) is 4.84. The average Bonchev–Trinajstić information content (AvgIpc) is 2.88. The lowest BCUT2D eigenvalue weighted by molar-refractivity contribution is 0.138. The maximum absolute atomic E-state index is 5.97. The predicted molar refractivity (Wildman–Crippen MR) is 92.5 cm³/mol. The summed E-state index contributed by atoms with van der Waals surface area (Å²) in [6.45, 7) is 6.42. The van der Waals surface area contributed by atoms with Crippen molar-refractivity contribution in [3.63, 3.8) is 0 Å². The molecule has 2 heterocycles. The quantitative estimate of drug-likeness (QED) is 0.839. The minimum Gasteiger partial charge on any atom is -0.487 e. The smallest absolute Gasteiger partial charge is 0.123 e. The Morgan fingerprint density at radius 1 is 1.33 bits per heavy atom. The lowest BCUT2D eigenvalue weighted by Gasteiger charge is -2.16. The van der Waals surface area contributed by atoms with Gasteiger partial charge in [0.05, 0.1) is 9.83 Å². The van der Waals surface area contributed by atoms with Crippen LogP contribution in [0.5, 0.6) is 5.75 Å². The number of benzene rings is 1. The third-order valence-corrected chi connectivity index (χ3v) is 6.07. The lowest BCUT2D eigenvalue weighted by Crippen LogP contribution is -2.24. The van der Waals surface area contributed by atoms with Gasteiger partial charge >= 0.3 is 0 Å². The largest absolute Gasteiger partial charge is 0.487 e. The van der Waals surface area contributed by atoms with Crippen molar-refractivity contribution in [3.05, 3.63) is 49.6 Å². The Hall–Kier alpha value is -0.840. The first-order chi connectivity index (χ1) is 9.89. The van der Waals surface area contributed by atoms with E-state index in [1.807, 2.05) is 7.05 Å². The van der Waals surface area contributed by atoms with Crippen molar-refractivity contribution in [3.8, 4) is 5.75 Å². The summed E-state index contributed by atoms with van der Waals surface area (Å²) >= 11 is 5.42. The first kappa shape index (κ1) is 15.1. The molecule has 4 heteroatoms. The summed E-state index contributed by atoms with van der Waals surface area (Å²) in [7, 11) is 2.02. The van der Waals surface area contributed by atoms with E-state index < -0.39 is 0 Å². The SMILES string of the molecule is CNC(c1ccc2c(c1)CC(C)(C)O2)c1cc(C)c(Br)s1. The van der Waals surface area contributed by atoms with Crippen LogP contribution < -0.4 is 10.1 Å². The summed E-state index contributed by atoms with van der Waals surface area (Å²) in [4.78, 5) is 1.33. The van der Waals surface area contributed by atoms with Gasteiger partial charge in [-0.2, -0.15) is 0 Å². The second-order valence-corrected chi connectivity index (χ2v) is 8.63. The van der Waals surface area contributed by atoms with Gasteiger partial charge < -0.3 is 10.1 Å². The van der Waals surface area contributed by atoms with E-state index in [4.69, 9.17) is 4.74 Å². The fourth-order valence-electron chi connectivity index (χ4n) is 2.91. The Morgan fingerprint density at radius 3 is 2.71 bits per heavy atom. The molecule has 1 aliphatic heterocycles. The topological polar surface area (TPSA) is 21.3 Å². The van der Waals surface area contributed by atoms with E-state index in [0.29, 0.717) is 0 Å². The number of thiophene rings is 1. The van der Waals surface area contributed by atoms with Crippen molar-refractivity contribution in [1.29, 1.82) is 0 Å². The molecule has 0 fully saturated rings. The average molecular weight is 366 g/mol. The number of ether oxygens (including phenoxy) is 1. The van der Waals surface area contributed by atoms with Gasteiger partial charge in [-0.1, -0.05) is 12.1 Å². The molecule has 1 unspecified atom stereocenters. The van der Waals surface area contributed by atoms with Crippen molar-refractivity contribution >= 4 is 27.3 Å². The molecule has 1 aromatic carbocycles. The maximum Gasteiger partial charge on any atom is 0.123 e. The molecule has 1 N–H and O–H groups in total. The van der Waals surface area contributed by atoms with Crippen LogP contribution in [-0.4, -0.2) is 12.6 Å². The molecule has 0 radical (unpaired) electrons. The van der Waals surface area contributed by atoms with Crippen LogP contribution >= 0.6 is 27.3 Å². The molecule has 0 spiro atoms. The van der Waals surface area contributed by atoms with Crippen molar-refractivity contribution in [1.82, 2.24) is 5.32 Å². The van der Waals surface area contributed by atoms with Crippen LogP contribution in [0.3, 0.4) is 0 Å². The van der Waals surface area contributed by atoms with Crippen LogP contribution in [0.25, 0.3) is 0 Å². The van der Waals surface area contributed by atoms with Crippen molar-refractivity contribution in [2.24, 2.45) is 0 Å². The third kappa shape index (κ3) is 2.89. The van der Waals surface area contributed by atoms with Crippen LogP contribution in [0.4, 0.5) is 0 Å². The zero-order valence-electron chi connectivity index (χ0n) is 12.8. The van der Waals surface area contributed by atoms with E-state index >= 15 is 0 Å². The first-order valence-electron chi connectivity index (χ1n) is 7.14. The Bertz CT molecular complexity index is 658. The zero-order chi connectivity index (χ0) is 15.2. The molecule has 0 bridgehead atoms. The normalized spacial score (nSPS) is 17.4. The number of fused-ring (bicyclic) bond motifs is 1. The maximum atomic E-state index is 5.97. The molecular formula is C17H20BrNOS. The molecule has 0 saturated heterocycles. The standard InChI is InChI=1S/C17H20BrNOS/c1-10-7-14(21-16(10)18)15(19-4)11-5-6-13-12(8-11)9-17(2,3)20-13/h5-8,15,19H,9H2,1-4H3. The number of rotatable bonds is 3. The van der Waals surface area contributed by atoms with Crippen molar-refractivity contribution in [2.45, 2.75) is 38.8 Å². The minimum absolute atomic E-state index is 0.0847. The Labute approximate surface area is 138 Å². The highest BCUT2D eigenvalue weighted by molar-refractivity contribution is 9.11. The van der Waals surface area contributed by atoms with Gasteiger partial charge in [-0.25, -0.2) is 0 Å². The van der Waals surface area contributed by atoms with E-state index in [1.54, 1.807) is 11.3 Å². The Balaban J connectivity index is 1.96. The second-order valence-electron chi connectivity index (χ2n) is 6.23.